The lowest BCUT2D eigenvalue weighted by Crippen LogP contribution is -2.61. The van der Waals surface area contributed by atoms with Gasteiger partial charge in [0.05, 0.1) is 42.7 Å². The molecule has 0 spiro atoms. The Bertz CT molecular complexity index is 1130. The Morgan fingerprint density at radius 1 is 1.19 bits per heavy atom. The van der Waals surface area contributed by atoms with Crippen LogP contribution in [0.2, 0.25) is 5.02 Å². The first kappa shape index (κ1) is 21.1. The molecule has 4 aliphatic rings. The van der Waals surface area contributed by atoms with Crippen LogP contribution in [-0.4, -0.2) is 35.1 Å². The van der Waals surface area contributed by atoms with Gasteiger partial charge in [-0.3, -0.25) is 9.59 Å². The van der Waals surface area contributed by atoms with Crippen LogP contribution in [0, 0.1) is 17.3 Å². The third kappa shape index (κ3) is 3.15. The molecule has 2 atom stereocenters. The van der Waals surface area contributed by atoms with E-state index in [1.165, 1.54) is 4.68 Å². The summed E-state index contributed by atoms with van der Waals surface area (Å²) >= 11 is 6.52. The van der Waals surface area contributed by atoms with Crippen molar-refractivity contribution in [3.8, 4) is 11.5 Å². The van der Waals surface area contributed by atoms with E-state index in [2.05, 4.69) is 10.4 Å². The standard InChI is InChI=1S/C23H26ClN3O5/c1-31-15-3-4-16(18(6-15)32-2)26-17-11-25-27(20(28)19(17)24)23-9-13-5-14(10-23)8-22(7-13,12-23)21(29)30/h3-4,6,11,13-14,26H,5,7-10,12H2,1-2H3,(H,29,30)/t13-,14-,22?,23?/m1/s1. The summed E-state index contributed by atoms with van der Waals surface area (Å²) in [4.78, 5) is 25.5. The molecular weight excluding hydrogens is 434 g/mol. The Morgan fingerprint density at radius 3 is 2.53 bits per heavy atom. The minimum Gasteiger partial charge on any atom is -0.497 e. The van der Waals surface area contributed by atoms with Crippen LogP contribution in [0.4, 0.5) is 11.4 Å². The zero-order valence-corrected chi connectivity index (χ0v) is 18.8. The number of halogens is 1. The van der Waals surface area contributed by atoms with Crippen LogP contribution >= 0.6 is 11.6 Å². The highest BCUT2D eigenvalue weighted by molar-refractivity contribution is 6.33. The molecule has 4 bridgehead atoms. The van der Waals surface area contributed by atoms with Gasteiger partial charge in [0.1, 0.15) is 16.5 Å². The van der Waals surface area contributed by atoms with E-state index in [0.717, 1.165) is 19.3 Å². The minimum absolute atomic E-state index is 0.0259. The van der Waals surface area contributed by atoms with Gasteiger partial charge in [-0.15, -0.1) is 0 Å². The number of benzene rings is 1. The molecule has 4 fully saturated rings. The highest BCUT2D eigenvalue weighted by Gasteiger charge is 2.62. The number of aromatic nitrogens is 2. The number of hydrogen-bond donors (Lipinski definition) is 2. The third-order valence-electron chi connectivity index (χ3n) is 7.53. The van der Waals surface area contributed by atoms with Crippen molar-refractivity contribution in [3.05, 3.63) is 39.8 Å². The molecule has 1 aromatic heterocycles. The Labute approximate surface area is 190 Å². The third-order valence-corrected chi connectivity index (χ3v) is 7.90. The van der Waals surface area contributed by atoms with Crippen LogP contribution in [0.5, 0.6) is 11.5 Å². The first-order chi connectivity index (χ1) is 15.3. The number of nitrogens with one attached hydrogen (secondary N) is 1. The lowest BCUT2D eigenvalue weighted by atomic mass is 9.47. The maximum Gasteiger partial charge on any atom is 0.309 e. The maximum absolute atomic E-state index is 13.4. The molecule has 0 unspecified atom stereocenters. The summed E-state index contributed by atoms with van der Waals surface area (Å²) in [5, 5.41) is 17.7. The molecule has 2 N–H and O–H groups in total. The van der Waals surface area contributed by atoms with E-state index < -0.39 is 22.5 Å². The van der Waals surface area contributed by atoms with Crippen molar-refractivity contribution < 1.29 is 19.4 Å². The van der Waals surface area contributed by atoms with Crippen LogP contribution in [0.25, 0.3) is 0 Å². The van der Waals surface area contributed by atoms with Crippen molar-refractivity contribution in [2.24, 2.45) is 17.3 Å². The number of carboxylic acids is 1. The smallest absolute Gasteiger partial charge is 0.309 e. The zero-order chi connectivity index (χ0) is 22.7. The van der Waals surface area contributed by atoms with Gasteiger partial charge in [-0.05, 0) is 62.5 Å². The first-order valence-electron chi connectivity index (χ1n) is 10.8. The molecular formula is C23H26ClN3O5. The highest BCUT2D eigenvalue weighted by atomic mass is 35.5. The number of methoxy groups -OCH3 is 2. The van der Waals surface area contributed by atoms with Gasteiger partial charge in [0, 0.05) is 6.07 Å². The summed E-state index contributed by atoms with van der Waals surface area (Å²) in [7, 11) is 3.12. The second kappa shape index (κ2) is 7.40. The van der Waals surface area contributed by atoms with Crippen molar-refractivity contribution in [3.63, 3.8) is 0 Å². The van der Waals surface area contributed by atoms with Crippen LogP contribution in [0.15, 0.2) is 29.2 Å². The quantitative estimate of drug-likeness (QED) is 0.672. The molecule has 8 nitrogen and oxygen atoms in total. The molecule has 0 amide bonds. The molecule has 4 saturated carbocycles. The fourth-order valence-electron chi connectivity index (χ4n) is 6.62. The molecule has 0 radical (unpaired) electrons. The summed E-state index contributed by atoms with van der Waals surface area (Å²) in [5.41, 5.74) is -0.751. The molecule has 9 heteroatoms. The van der Waals surface area contributed by atoms with Crippen molar-refractivity contribution in [1.29, 1.82) is 0 Å². The lowest BCUT2D eigenvalue weighted by molar-refractivity contribution is -0.173. The van der Waals surface area contributed by atoms with Gasteiger partial charge in [-0.1, -0.05) is 11.6 Å². The summed E-state index contributed by atoms with van der Waals surface area (Å²) in [6, 6.07) is 5.27. The van der Waals surface area contributed by atoms with Crippen molar-refractivity contribution >= 4 is 28.9 Å². The summed E-state index contributed by atoms with van der Waals surface area (Å²) in [5.74, 6) is 1.04. The van der Waals surface area contributed by atoms with Gasteiger partial charge in [0.2, 0.25) is 0 Å². The van der Waals surface area contributed by atoms with Crippen LogP contribution in [0.3, 0.4) is 0 Å². The number of carbonyl (C=O) groups is 1. The van der Waals surface area contributed by atoms with Gasteiger partial charge in [0.25, 0.3) is 5.56 Å². The average Bonchev–Trinajstić information content (AvgIpc) is 2.76. The van der Waals surface area contributed by atoms with Crippen LogP contribution in [-0.2, 0) is 10.3 Å². The SMILES string of the molecule is COc1ccc(Nc2cnn(C34C[C@@H]5C[C@H](CC(C(=O)O)(C5)C3)C4)c(=O)c2Cl)c(OC)c1. The average molecular weight is 460 g/mol. The number of nitrogens with zero attached hydrogens (tertiary/aromatic N) is 2. The van der Waals surface area contributed by atoms with E-state index in [0.29, 0.717) is 54.0 Å². The topological polar surface area (TPSA) is 103 Å². The fraction of sp³-hybridized carbons (Fsp3) is 0.522. The van der Waals surface area contributed by atoms with Gasteiger partial charge in [0.15, 0.2) is 0 Å². The van der Waals surface area contributed by atoms with E-state index in [1.54, 1.807) is 38.6 Å². The number of rotatable bonds is 6. The second-order valence-electron chi connectivity index (χ2n) is 9.55. The van der Waals surface area contributed by atoms with E-state index in [4.69, 9.17) is 21.1 Å². The Balaban J connectivity index is 1.50. The number of carboxylic acid groups (broad SMARTS) is 1. The highest BCUT2D eigenvalue weighted by Crippen LogP contribution is 2.64. The monoisotopic (exact) mass is 459 g/mol. The Morgan fingerprint density at radius 2 is 1.91 bits per heavy atom. The number of anilines is 2. The van der Waals surface area contributed by atoms with Crippen molar-refractivity contribution in [1.82, 2.24) is 9.78 Å². The van der Waals surface area contributed by atoms with Gasteiger partial charge in [-0.2, -0.15) is 5.10 Å². The predicted molar refractivity (Wildman–Crippen MR) is 119 cm³/mol. The van der Waals surface area contributed by atoms with Crippen LogP contribution in [0.1, 0.15) is 38.5 Å². The number of aliphatic carboxylic acids is 1. The first-order valence-corrected chi connectivity index (χ1v) is 11.2. The van der Waals surface area contributed by atoms with Crippen molar-refractivity contribution in [2.75, 3.05) is 19.5 Å². The van der Waals surface area contributed by atoms with E-state index in [-0.39, 0.29) is 5.02 Å². The molecule has 0 saturated heterocycles. The zero-order valence-electron chi connectivity index (χ0n) is 18.1. The molecule has 1 heterocycles. The predicted octanol–water partition coefficient (Wildman–Crippen LogP) is 4.04. The summed E-state index contributed by atoms with van der Waals surface area (Å²) < 4.78 is 12.1. The molecule has 32 heavy (non-hydrogen) atoms. The Hall–Kier alpha value is -2.74. The lowest BCUT2D eigenvalue weighted by Gasteiger charge is -2.60. The number of hydrogen-bond acceptors (Lipinski definition) is 6. The summed E-state index contributed by atoms with van der Waals surface area (Å²) in [6.45, 7) is 0. The molecule has 1 aromatic carbocycles. The van der Waals surface area contributed by atoms with E-state index >= 15 is 0 Å². The number of ether oxygens (including phenoxy) is 2. The largest absolute Gasteiger partial charge is 0.497 e. The fourth-order valence-corrected chi connectivity index (χ4v) is 6.79. The normalized spacial score (nSPS) is 30.2. The maximum atomic E-state index is 13.4. The Kier molecular flexibility index (Phi) is 4.89. The molecule has 0 aliphatic heterocycles. The molecule has 6 rings (SSSR count). The second-order valence-corrected chi connectivity index (χ2v) is 9.93. The van der Waals surface area contributed by atoms with Gasteiger partial charge >= 0.3 is 5.97 Å². The van der Waals surface area contributed by atoms with Gasteiger partial charge in [-0.25, -0.2) is 4.68 Å². The molecule has 4 aliphatic carbocycles. The minimum atomic E-state index is -0.759. The van der Waals surface area contributed by atoms with E-state index in [1.807, 2.05) is 0 Å². The summed E-state index contributed by atoms with van der Waals surface area (Å²) in [6.07, 6.45) is 5.96. The van der Waals surface area contributed by atoms with Crippen LogP contribution < -0.4 is 20.3 Å². The molecule has 2 aromatic rings. The van der Waals surface area contributed by atoms with E-state index in [9.17, 15) is 14.7 Å². The molecule has 170 valence electrons. The van der Waals surface area contributed by atoms with Gasteiger partial charge < -0.3 is 19.9 Å². The van der Waals surface area contributed by atoms with Crippen molar-refractivity contribution in [2.45, 2.75) is 44.1 Å².